The predicted molar refractivity (Wildman–Crippen MR) is 131 cm³/mol. The molecule has 1 fully saturated rings. The Morgan fingerprint density at radius 1 is 1.03 bits per heavy atom. The monoisotopic (exact) mass is 482 g/mol. The van der Waals surface area contributed by atoms with Crippen molar-refractivity contribution in [3.05, 3.63) is 71.3 Å². The van der Waals surface area contributed by atoms with Crippen molar-refractivity contribution in [3.8, 4) is 5.75 Å². The molecule has 186 valence electrons. The lowest BCUT2D eigenvalue weighted by Gasteiger charge is -2.36. The Bertz CT molecular complexity index is 1090. The minimum Gasteiger partial charge on any atom is -0.480 e. The number of aryl methyl sites for hydroxylation is 1. The van der Waals surface area contributed by atoms with Gasteiger partial charge in [-0.05, 0) is 93.1 Å². The maximum atomic E-state index is 13.9. The van der Waals surface area contributed by atoms with Crippen molar-refractivity contribution >= 4 is 17.5 Å². The summed E-state index contributed by atoms with van der Waals surface area (Å²) in [5, 5.41) is 3.15. The molecular formula is C28H32F2N2O3. The number of benzene rings is 2. The van der Waals surface area contributed by atoms with Gasteiger partial charge in [-0.1, -0.05) is 25.3 Å². The first kappa shape index (κ1) is 24.9. The van der Waals surface area contributed by atoms with E-state index in [1.807, 2.05) is 19.9 Å². The van der Waals surface area contributed by atoms with Gasteiger partial charge in [0.2, 0.25) is 5.91 Å². The molecule has 1 N–H and O–H groups in total. The first-order valence-corrected chi connectivity index (χ1v) is 12.3. The molecule has 0 radical (unpaired) electrons. The number of hydrogen-bond donors (Lipinski definition) is 1. The topological polar surface area (TPSA) is 58.6 Å². The number of carbonyl (C=O) groups excluding carboxylic acids is 2. The van der Waals surface area contributed by atoms with Gasteiger partial charge in [0.25, 0.3) is 5.91 Å². The average molecular weight is 483 g/mol. The van der Waals surface area contributed by atoms with E-state index >= 15 is 0 Å². The summed E-state index contributed by atoms with van der Waals surface area (Å²) in [5.41, 5.74) is 1.82. The normalized spacial score (nSPS) is 19.3. The van der Waals surface area contributed by atoms with Crippen LogP contribution in [-0.4, -0.2) is 30.0 Å². The zero-order valence-electron chi connectivity index (χ0n) is 20.2. The van der Waals surface area contributed by atoms with E-state index in [1.54, 1.807) is 0 Å². The Morgan fingerprint density at radius 2 is 1.71 bits per heavy atom. The van der Waals surface area contributed by atoms with Crippen LogP contribution in [0.15, 0.2) is 54.1 Å². The number of nitrogens with zero attached hydrogens (tertiary/aromatic N) is 1. The fourth-order valence-electron chi connectivity index (χ4n) is 4.90. The van der Waals surface area contributed by atoms with Crippen LogP contribution in [0.5, 0.6) is 5.75 Å². The second kappa shape index (κ2) is 11.0. The van der Waals surface area contributed by atoms with E-state index in [0.717, 1.165) is 32.1 Å². The summed E-state index contributed by atoms with van der Waals surface area (Å²) in [6, 6.07) is 8.96. The zero-order valence-corrected chi connectivity index (χ0v) is 20.2. The van der Waals surface area contributed by atoms with Gasteiger partial charge in [-0.3, -0.25) is 14.5 Å². The summed E-state index contributed by atoms with van der Waals surface area (Å²) in [6.45, 7) is 3.64. The molecule has 1 heterocycles. The zero-order chi connectivity index (χ0) is 24.9. The van der Waals surface area contributed by atoms with Crippen molar-refractivity contribution in [3.63, 3.8) is 0 Å². The number of fused-ring (bicyclic) bond motifs is 1. The fourth-order valence-corrected chi connectivity index (χ4v) is 4.90. The van der Waals surface area contributed by atoms with Gasteiger partial charge in [0.1, 0.15) is 23.4 Å². The third-order valence-corrected chi connectivity index (χ3v) is 6.93. The lowest BCUT2D eigenvalue weighted by molar-refractivity contribution is -0.130. The van der Waals surface area contributed by atoms with Gasteiger partial charge >= 0.3 is 0 Å². The number of ether oxygens (including phenoxy) is 1. The van der Waals surface area contributed by atoms with E-state index in [0.29, 0.717) is 35.4 Å². The van der Waals surface area contributed by atoms with Crippen LogP contribution in [0.2, 0.25) is 0 Å². The van der Waals surface area contributed by atoms with Crippen molar-refractivity contribution in [2.24, 2.45) is 0 Å². The molecule has 2 unspecified atom stereocenters. The van der Waals surface area contributed by atoms with Gasteiger partial charge in [0.05, 0.1) is 0 Å². The number of rotatable bonds is 6. The Hall–Kier alpha value is -3.22. The van der Waals surface area contributed by atoms with Crippen LogP contribution >= 0.6 is 0 Å². The summed E-state index contributed by atoms with van der Waals surface area (Å²) >= 11 is 0. The number of hydrogen-bond acceptors (Lipinski definition) is 3. The first-order valence-electron chi connectivity index (χ1n) is 12.3. The van der Waals surface area contributed by atoms with Crippen LogP contribution in [0, 0.1) is 11.6 Å². The van der Waals surface area contributed by atoms with Gasteiger partial charge < -0.3 is 10.1 Å². The van der Waals surface area contributed by atoms with E-state index in [1.165, 1.54) is 47.4 Å². The summed E-state index contributed by atoms with van der Waals surface area (Å²) < 4.78 is 33.4. The molecule has 0 spiro atoms. The van der Waals surface area contributed by atoms with Crippen molar-refractivity contribution in [1.82, 2.24) is 5.32 Å². The molecule has 0 bridgehead atoms. The minimum absolute atomic E-state index is 0.0706. The maximum absolute atomic E-state index is 13.9. The average Bonchev–Trinajstić information content (AvgIpc) is 2.87. The highest BCUT2D eigenvalue weighted by molar-refractivity contribution is 6.04. The van der Waals surface area contributed by atoms with Crippen LogP contribution in [0.25, 0.3) is 0 Å². The second-order valence-electron chi connectivity index (χ2n) is 9.36. The summed E-state index contributed by atoms with van der Waals surface area (Å²) in [5.74, 6) is -0.980. The molecule has 7 heteroatoms. The SMILES string of the molecule is C/C=C(\C)C(C(=O)NC1CCCCC1)N(C(=O)C1CCc2cc(F)ccc2O1)c1ccc(F)cc1. The standard InChI is InChI=1S/C28H32F2N2O3/c1-3-18(2)26(27(33)31-22-7-5-4-6-8-22)32(23-13-10-20(29)11-14-23)28(34)25-15-9-19-17-21(30)12-16-24(19)35-25/h3,10-14,16-17,22,25-26H,4-9,15H2,1-2H3,(H,31,33)/b18-3+. The molecule has 0 saturated heterocycles. The molecule has 2 atom stereocenters. The largest absolute Gasteiger partial charge is 0.480 e. The molecule has 1 aliphatic carbocycles. The summed E-state index contributed by atoms with van der Waals surface area (Å²) in [6.07, 6.45) is 6.90. The molecule has 1 saturated carbocycles. The first-order chi connectivity index (χ1) is 16.9. The van der Waals surface area contributed by atoms with Crippen LogP contribution < -0.4 is 15.0 Å². The number of amides is 2. The van der Waals surface area contributed by atoms with E-state index in [4.69, 9.17) is 4.74 Å². The molecule has 2 aliphatic rings. The van der Waals surface area contributed by atoms with Crippen molar-refractivity contribution < 1.29 is 23.1 Å². The van der Waals surface area contributed by atoms with Crippen molar-refractivity contribution in [2.45, 2.75) is 77.0 Å². The number of halogens is 2. The number of nitrogens with one attached hydrogen (secondary N) is 1. The van der Waals surface area contributed by atoms with Gasteiger partial charge in [-0.15, -0.1) is 0 Å². The van der Waals surface area contributed by atoms with Crippen LogP contribution in [0.4, 0.5) is 14.5 Å². The Labute approximate surface area is 205 Å². The van der Waals surface area contributed by atoms with Crippen molar-refractivity contribution in [2.75, 3.05) is 4.90 Å². The molecule has 1 aliphatic heterocycles. The highest BCUT2D eigenvalue weighted by atomic mass is 19.1. The predicted octanol–water partition coefficient (Wildman–Crippen LogP) is 5.48. The minimum atomic E-state index is -0.905. The third kappa shape index (κ3) is 5.72. The smallest absolute Gasteiger partial charge is 0.269 e. The van der Waals surface area contributed by atoms with Crippen LogP contribution in [0.3, 0.4) is 0 Å². The highest BCUT2D eigenvalue weighted by Gasteiger charge is 2.39. The lowest BCUT2D eigenvalue weighted by Crippen LogP contribution is -2.56. The van der Waals surface area contributed by atoms with Crippen LogP contribution in [-0.2, 0) is 16.0 Å². The molecule has 2 amide bonds. The number of carbonyl (C=O) groups is 2. The maximum Gasteiger partial charge on any atom is 0.269 e. The van der Waals surface area contributed by atoms with Gasteiger partial charge in [-0.25, -0.2) is 8.78 Å². The second-order valence-corrected chi connectivity index (χ2v) is 9.36. The summed E-state index contributed by atoms with van der Waals surface area (Å²) in [7, 11) is 0. The quantitative estimate of drug-likeness (QED) is 0.555. The molecule has 2 aromatic rings. The molecule has 5 nitrogen and oxygen atoms in total. The van der Waals surface area contributed by atoms with Crippen LogP contribution in [0.1, 0.15) is 57.9 Å². The third-order valence-electron chi connectivity index (χ3n) is 6.93. The Kier molecular flexibility index (Phi) is 7.83. The number of allylic oxidation sites excluding steroid dienone is 1. The van der Waals surface area contributed by atoms with E-state index in [2.05, 4.69) is 5.32 Å². The molecule has 2 aromatic carbocycles. The van der Waals surface area contributed by atoms with E-state index < -0.39 is 23.9 Å². The lowest BCUT2D eigenvalue weighted by atomic mass is 9.94. The number of anilines is 1. The van der Waals surface area contributed by atoms with Gasteiger partial charge in [0.15, 0.2) is 6.10 Å². The highest BCUT2D eigenvalue weighted by Crippen LogP contribution is 2.31. The molecular weight excluding hydrogens is 450 g/mol. The molecule has 0 aromatic heterocycles. The van der Waals surface area contributed by atoms with Gasteiger partial charge in [0, 0.05) is 11.7 Å². The van der Waals surface area contributed by atoms with Gasteiger partial charge in [-0.2, -0.15) is 0 Å². The molecule has 4 rings (SSSR count). The molecule has 35 heavy (non-hydrogen) atoms. The Morgan fingerprint density at radius 3 is 2.40 bits per heavy atom. The fraction of sp³-hybridized carbons (Fsp3) is 0.429. The Balaban J connectivity index is 1.67. The van der Waals surface area contributed by atoms with E-state index in [9.17, 15) is 18.4 Å². The van der Waals surface area contributed by atoms with E-state index in [-0.39, 0.29) is 17.8 Å². The van der Waals surface area contributed by atoms with Crippen molar-refractivity contribution in [1.29, 1.82) is 0 Å². The summed E-state index contributed by atoms with van der Waals surface area (Å²) in [4.78, 5) is 29.0.